The summed E-state index contributed by atoms with van der Waals surface area (Å²) in [7, 11) is 0. The number of amides is 1. The molecular weight excluding hydrogens is 334 g/mol. The quantitative estimate of drug-likeness (QED) is 0.610. The topological polar surface area (TPSA) is 38.3 Å². The normalized spacial score (nSPS) is 30.3. The third kappa shape index (κ3) is 3.90. The average molecular weight is 364 g/mol. The molecular formula is C24H29NO2. The van der Waals surface area contributed by atoms with E-state index in [1.165, 1.54) is 19.3 Å². The van der Waals surface area contributed by atoms with Crippen molar-refractivity contribution in [3.05, 3.63) is 42.5 Å². The van der Waals surface area contributed by atoms with Gasteiger partial charge >= 0.3 is 0 Å². The maximum atomic E-state index is 12.8. The van der Waals surface area contributed by atoms with Gasteiger partial charge in [-0.3, -0.25) is 4.79 Å². The SMILES string of the molecule is C=CCc1ccccc1OCC#CCNC(=O)C12CC3CC(CC(C3)C1)C2. The molecule has 1 N–H and O–H groups in total. The zero-order valence-corrected chi connectivity index (χ0v) is 16.0. The van der Waals surface area contributed by atoms with E-state index in [4.69, 9.17) is 4.74 Å². The van der Waals surface area contributed by atoms with E-state index in [1.54, 1.807) is 0 Å². The van der Waals surface area contributed by atoms with Gasteiger partial charge in [0.2, 0.25) is 5.91 Å². The Balaban J connectivity index is 1.25. The van der Waals surface area contributed by atoms with Crippen LogP contribution in [0.1, 0.15) is 44.1 Å². The lowest BCUT2D eigenvalue weighted by atomic mass is 9.49. The lowest BCUT2D eigenvalue weighted by Crippen LogP contribution is -2.53. The molecule has 5 rings (SSSR count). The lowest BCUT2D eigenvalue weighted by Gasteiger charge is -2.55. The van der Waals surface area contributed by atoms with E-state index in [0.717, 1.165) is 54.7 Å². The molecule has 3 nitrogen and oxygen atoms in total. The van der Waals surface area contributed by atoms with Gasteiger partial charge in [-0.15, -0.1) is 6.58 Å². The predicted octanol–water partition coefficient (Wildman–Crippen LogP) is 4.13. The van der Waals surface area contributed by atoms with Gasteiger partial charge in [-0.2, -0.15) is 0 Å². The monoisotopic (exact) mass is 363 g/mol. The van der Waals surface area contributed by atoms with Gasteiger partial charge in [-0.25, -0.2) is 0 Å². The maximum absolute atomic E-state index is 12.8. The van der Waals surface area contributed by atoms with Crippen molar-refractivity contribution in [1.82, 2.24) is 5.32 Å². The van der Waals surface area contributed by atoms with Crippen molar-refractivity contribution in [1.29, 1.82) is 0 Å². The Kier molecular flexibility index (Phi) is 5.25. The molecule has 4 aliphatic rings. The summed E-state index contributed by atoms with van der Waals surface area (Å²) < 4.78 is 5.76. The van der Waals surface area contributed by atoms with Gasteiger partial charge in [0, 0.05) is 5.41 Å². The van der Waals surface area contributed by atoms with E-state index in [9.17, 15) is 4.79 Å². The number of hydrogen-bond acceptors (Lipinski definition) is 2. The van der Waals surface area contributed by atoms with E-state index in [1.807, 2.05) is 30.3 Å². The van der Waals surface area contributed by atoms with Gasteiger partial charge in [-0.1, -0.05) is 36.1 Å². The Morgan fingerprint density at radius 3 is 2.48 bits per heavy atom. The molecule has 4 fully saturated rings. The summed E-state index contributed by atoms with van der Waals surface area (Å²) in [6.45, 7) is 4.53. The Hall–Kier alpha value is -2.21. The Labute approximate surface area is 162 Å². The lowest BCUT2D eigenvalue weighted by molar-refractivity contribution is -0.145. The second-order valence-electron chi connectivity index (χ2n) is 8.62. The highest BCUT2D eigenvalue weighted by Gasteiger charge is 2.54. The molecule has 0 heterocycles. The molecule has 0 saturated heterocycles. The van der Waals surface area contributed by atoms with Crippen LogP contribution in [-0.2, 0) is 11.2 Å². The third-order valence-corrected chi connectivity index (χ3v) is 6.62. The van der Waals surface area contributed by atoms with Gasteiger partial charge < -0.3 is 10.1 Å². The van der Waals surface area contributed by atoms with Crippen LogP contribution in [0.15, 0.2) is 36.9 Å². The number of rotatable bonds is 6. The minimum Gasteiger partial charge on any atom is -0.481 e. The number of benzene rings is 1. The second-order valence-corrected chi connectivity index (χ2v) is 8.62. The van der Waals surface area contributed by atoms with Crippen LogP contribution in [0.25, 0.3) is 0 Å². The summed E-state index contributed by atoms with van der Waals surface area (Å²) >= 11 is 0. The number of nitrogens with one attached hydrogen (secondary N) is 1. The molecule has 0 aliphatic heterocycles. The highest BCUT2D eigenvalue weighted by molar-refractivity contribution is 5.83. The minimum atomic E-state index is -0.0867. The number of ether oxygens (including phenoxy) is 1. The molecule has 0 radical (unpaired) electrons. The van der Waals surface area contributed by atoms with E-state index in [2.05, 4.69) is 23.7 Å². The molecule has 1 aromatic carbocycles. The number of carbonyl (C=O) groups excluding carboxylic acids is 1. The molecule has 1 aromatic rings. The first-order valence-electron chi connectivity index (χ1n) is 10.2. The summed E-state index contributed by atoms with van der Waals surface area (Å²) in [4.78, 5) is 12.8. The highest BCUT2D eigenvalue weighted by atomic mass is 16.5. The Bertz CT molecular complexity index is 735. The summed E-state index contributed by atoms with van der Waals surface area (Å²) in [5, 5.41) is 3.09. The zero-order valence-electron chi connectivity index (χ0n) is 16.0. The number of allylic oxidation sites excluding steroid dienone is 1. The van der Waals surface area contributed by atoms with Crippen molar-refractivity contribution in [3.63, 3.8) is 0 Å². The van der Waals surface area contributed by atoms with E-state index in [-0.39, 0.29) is 11.3 Å². The molecule has 4 saturated carbocycles. The molecule has 3 heteroatoms. The van der Waals surface area contributed by atoms with Crippen LogP contribution in [0.3, 0.4) is 0 Å². The molecule has 4 aliphatic carbocycles. The summed E-state index contributed by atoms with van der Waals surface area (Å²) in [6, 6.07) is 7.95. The largest absolute Gasteiger partial charge is 0.481 e. The highest BCUT2D eigenvalue weighted by Crippen LogP contribution is 2.60. The Morgan fingerprint density at radius 1 is 1.15 bits per heavy atom. The molecule has 0 spiro atoms. The average Bonchev–Trinajstić information content (AvgIpc) is 2.64. The predicted molar refractivity (Wildman–Crippen MR) is 107 cm³/mol. The number of para-hydroxylation sites is 1. The summed E-state index contributed by atoms with van der Waals surface area (Å²) in [6.07, 6.45) is 10.0. The first-order valence-corrected chi connectivity index (χ1v) is 10.2. The van der Waals surface area contributed by atoms with Crippen molar-refractivity contribution in [2.75, 3.05) is 13.2 Å². The van der Waals surface area contributed by atoms with Crippen LogP contribution in [0.4, 0.5) is 0 Å². The van der Waals surface area contributed by atoms with E-state index < -0.39 is 0 Å². The van der Waals surface area contributed by atoms with E-state index >= 15 is 0 Å². The van der Waals surface area contributed by atoms with Crippen molar-refractivity contribution < 1.29 is 9.53 Å². The van der Waals surface area contributed by atoms with Gasteiger partial charge in [0.1, 0.15) is 12.4 Å². The summed E-state index contributed by atoms with van der Waals surface area (Å²) in [5.74, 6) is 9.52. The van der Waals surface area contributed by atoms with Crippen LogP contribution in [0, 0.1) is 35.0 Å². The third-order valence-electron chi connectivity index (χ3n) is 6.62. The second kappa shape index (κ2) is 7.80. The molecule has 0 aromatic heterocycles. The van der Waals surface area contributed by atoms with Crippen molar-refractivity contribution >= 4 is 5.91 Å². The van der Waals surface area contributed by atoms with Crippen molar-refractivity contribution in [3.8, 4) is 17.6 Å². The van der Waals surface area contributed by atoms with Crippen LogP contribution in [0.2, 0.25) is 0 Å². The number of hydrogen-bond donors (Lipinski definition) is 1. The standard InChI is InChI=1S/C24H29NO2/c1-2-7-21-8-3-4-9-22(21)27-11-6-5-10-25-23(26)24-15-18-12-19(16-24)14-20(13-18)17-24/h2-4,8-9,18-20H,1,7,10-17H2,(H,25,26). The fourth-order valence-electron chi connectivity index (χ4n) is 5.90. The van der Waals surface area contributed by atoms with Crippen LogP contribution < -0.4 is 10.1 Å². The van der Waals surface area contributed by atoms with Crippen LogP contribution in [-0.4, -0.2) is 19.1 Å². The van der Waals surface area contributed by atoms with Crippen LogP contribution in [0.5, 0.6) is 5.75 Å². The Morgan fingerprint density at radius 2 is 1.81 bits per heavy atom. The fourth-order valence-corrected chi connectivity index (χ4v) is 5.90. The van der Waals surface area contributed by atoms with Crippen molar-refractivity contribution in [2.24, 2.45) is 23.2 Å². The molecule has 4 bridgehead atoms. The van der Waals surface area contributed by atoms with Crippen molar-refractivity contribution in [2.45, 2.75) is 44.9 Å². The van der Waals surface area contributed by atoms with Gasteiger partial charge in [-0.05, 0) is 74.3 Å². The van der Waals surface area contributed by atoms with Gasteiger partial charge in [0.25, 0.3) is 0 Å². The van der Waals surface area contributed by atoms with Gasteiger partial charge in [0.15, 0.2) is 0 Å². The summed E-state index contributed by atoms with van der Waals surface area (Å²) in [5.41, 5.74) is 1.03. The molecule has 0 unspecified atom stereocenters. The first-order chi connectivity index (χ1) is 13.2. The fraction of sp³-hybridized carbons (Fsp3) is 0.542. The maximum Gasteiger partial charge on any atom is 0.226 e. The minimum absolute atomic E-state index is 0.0867. The number of carbonyl (C=O) groups is 1. The molecule has 0 atom stereocenters. The molecule has 142 valence electrons. The molecule has 1 amide bonds. The van der Waals surface area contributed by atoms with E-state index in [0.29, 0.717) is 13.2 Å². The zero-order chi connectivity index (χ0) is 18.7. The van der Waals surface area contributed by atoms with Gasteiger partial charge in [0.05, 0.1) is 6.54 Å². The smallest absolute Gasteiger partial charge is 0.226 e. The first kappa shape index (κ1) is 18.2. The van der Waals surface area contributed by atoms with Crippen LogP contribution >= 0.6 is 0 Å². The molecule has 27 heavy (non-hydrogen) atoms.